The van der Waals surface area contributed by atoms with Gasteiger partial charge in [-0.15, -0.1) is 0 Å². The molecule has 130 valence electrons. The van der Waals surface area contributed by atoms with Crippen LogP contribution in [0.5, 0.6) is 11.5 Å². The van der Waals surface area contributed by atoms with Crippen LogP contribution in [0.4, 0.5) is 0 Å². The summed E-state index contributed by atoms with van der Waals surface area (Å²) in [7, 11) is 3.12. The zero-order valence-electron chi connectivity index (χ0n) is 13.7. The molecule has 0 spiro atoms. The van der Waals surface area contributed by atoms with Gasteiger partial charge in [-0.3, -0.25) is 4.79 Å². The first-order valence-corrected chi connectivity index (χ1v) is 7.89. The van der Waals surface area contributed by atoms with Gasteiger partial charge in [-0.1, -0.05) is 0 Å². The number of rotatable bonds is 4. The van der Waals surface area contributed by atoms with E-state index in [0.29, 0.717) is 25.1 Å². The molecule has 0 aliphatic carbocycles. The van der Waals surface area contributed by atoms with E-state index in [1.165, 1.54) is 12.0 Å². The van der Waals surface area contributed by atoms with Gasteiger partial charge < -0.3 is 24.2 Å². The molecule has 0 saturated carbocycles. The number of carboxylic acids is 1. The van der Waals surface area contributed by atoms with Crippen LogP contribution in [0.15, 0.2) is 18.2 Å². The van der Waals surface area contributed by atoms with Gasteiger partial charge in [-0.05, 0) is 30.2 Å². The van der Waals surface area contributed by atoms with E-state index >= 15 is 0 Å². The van der Waals surface area contributed by atoms with E-state index < -0.39 is 17.9 Å². The standard InChI is InChI=1S/C17H21NO6/c1-22-12-3-4-15-10(6-12)5-11(9-24-15)16(19)18-8-13(23-2)7-14(18)17(20)21/h3-4,6,11,13-14H,5,7-9H2,1-2H3,(H,20,21). The molecule has 7 nitrogen and oxygen atoms in total. The normalized spacial score (nSPS) is 25.8. The van der Waals surface area contributed by atoms with E-state index in [1.807, 2.05) is 18.2 Å². The summed E-state index contributed by atoms with van der Waals surface area (Å²) in [5.41, 5.74) is 0.897. The van der Waals surface area contributed by atoms with Crippen LogP contribution in [0.1, 0.15) is 12.0 Å². The van der Waals surface area contributed by atoms with Crippen molar-refractivity contribution in [2.75, 3.05) is 27.4 Å². The van der Waals surface area contributed by atoms with E-state index in [-0.39, 0.29) is 18.6 Å². The van der Waals surface area contributed by atoms with Gasteiger partial charge in [0.2, 0.25) is 5.91 Å². The maximum atomic E-state index is 12.8. The highest BCUT2D eigenvalue weighted by molar-refractivity contribution is 5.86. The Balaban J connectivity index is 1.76. The van der Waals surface area contributed by atoms with Crippen LogP contribution in [0, 0.1) is 5.92 Å². The second-order valence-electron chi connectivity index (χ2n) is 6.12. The molecule has 2 aliphatic rings. The molecule has 1 saturated heterocycles. The lowest BCUT2D eigenvalue weighted by molar-refractivity contribution is -0.150. The molecule has 3 atom stereocenters. The van der Waals surface area contributed by atoms with Crippen molar-refractivity contribution in [2.45, 2.75) is 25.0 Å². The van der Waals surface area contributed by atoms with Gasteiger partial charge in [0, 0.05) is 20.1 Å². The molecule has 7 heteroatoms. The van der Waals surface area contributed by atoms with E-state index in [0.717, 1.165) is 11.3 Å². The fraction of sp³-hybridized carbons (Fsp3) is 0.529. The molecule has 24 heavy (non-hydrogen) atoms. The van der Waals surface area contributed by atoms with Crippen molar-refractivity contribution < 1.29 is 28.9 Å². The highest BCUT2D eigenvalue weighted by Gasteiger charge is 2.42. The maximum absolute atomic E-state index is 12.8. The van der Waals surface area contributed by atoms with E-state index in [4.69, 9.17) is 14.2 Å². The molecule has 0 bridgehead atoms. The van der Waals surface area contributed by atoms with Gasteiger partial charge >= 0.3 is 5.97 Å². The molecule has 2 aliphatic heterocycles. The maximum Gasteiger partial charge on any atom is 0.326 e. The minimum Gasteiger partial charge on any atom is -0.497 e. The summed E-state index contributed by atoms with van der Waals surface area (Å²) in [6.07, 6.45) is 0.577. The van der Waals surface area contributed by atoms with E-state index in [2.05, 4.69) is 0 Å². The first-order chi connectivity index (χ1) is 11.5. The monoisotopic (exact) mass is 335 g/mol. The van der Waals surface area contributed by atoms with Crippen molar-refractivity contribution in [3.05, 3.63) is 23.8 Å². The molecular formula is C17H21NO6. The third-order valence-corrected chi connectivity index (χ3v) is 4.69. The van der Waals surface area contributed by atoms with Crippen molar-refractivity contribution in [2.24, 2.45) is 5.92 Å². The second-order valence-corrected chi connectivity index (χ2v) is 6.12. The topological polar surface area (TPSA) is 85.3 Å². The Kier molecular flexibility index (Phi) is 4.62. The lowest BCUT2D eigenvalue weighted by Gasteiger charge is -2.30. The summed E-state index contributed by atoms with van der Waals surface area (Å²) < 4.78 is 16.1. The number of benzene rings is 1. The van der Waals surface area contributed by atoms with Crippen molar-refractivity contribution in [1.29, 1.82) is 0 Å². The fourth-order valence-electron chi connectivity index (χ4n) is 3.34. The van der Waals surface area contributed by atoms with Gasteiger partial charge in [0.25, 0.3) is 0 Å². The van der Waals surface area contributed by atoms with Crippen LogP contribution in [0.3, 0.4) is 0 Å². The molecule has 3 rings (SSSR count). The number of carbonyl (C=O) groups is 2. The Morgan fingerprint density at radius 3 is 2.79 bits per heavy atom. The summed E-state index contributed by atoms with van der Waals surface area (Å²) in [6, 6.07) is 4.65. The molecule has 1 aromatic rings. The molecule has 1 fully saturated rings. The zero-order valence-corrected chi connectivity index (χ0v) is 13.7. The van der Waals surface area contributed by atoms with E-state index in [9.17, 15) is 14.7 Å². The number of carboxylic acid groups (broad SMARTS) is 1. The predicted octanol–water partition coefficient (Wildman–Crippen LogP) is 0.947. The molecular weight excluding hydrogens is 314 g/mol. The van der Waals surface area contributed by atoms with Gasteiger partial charge in [-0.25, -0.2) is 4.79 Å². The summed E-state index contributed by atoms with van der Waals surface area (Å²) in [4.78, 5) is 25.7. The quantitative estimate of drug-likeness (QED) is 0.882. The number of fused-ring (bicyclic) bond motifs is 1. The van der Waals surface area contributed by atoms with Crippen LogP contribution in [-0.4, -0.2) is 61.4 Å². The van der Waals surface area contributed by atoms with Crippen molar-refractivity contribution in [3.8, 4) is 11.5 Å². The second kappa shape index (κ2) is 6.68. The Morgan fingerprint density at radius 1 is 1.33 bits per heavy atom. The molecule has 2 heterocycles. The first kappa shape index (κ1) is 16.6. The van der Waals surface area contributed by atoms with Crippen LogP contribution in [0.2, 0.25) is 0 Å². The summed E-state index contributed by atoms with van der Waals surface area (Å²) in [6.45, 7) is 0.548. The Morgan fingerprint density at radius 2 is 2.12 bits per heavy atom. The molecule has 1 aromatic carbocycles. The third kappa shape index (κ3) is 3.03. The molecule has 0 radical (unpaired) electrons. The first-order valence-electron chi connectivity index (χ1n) is 7.89. The van der Waals surface area contributed by atoms with Gasteiger partial charge in [0.05, 0.1) is 19.1 Å². The average Bonchev–Trinajstić information content (AvgIpc) is 3.04. The van der Waals surface area contributed by atoms with Crippen LogP contribution in [-0.2, 0) is 20.7 Å². The summed E-state index contributed by atoms with van der Waals surface area (Å²) >= 11 is 0. The number of nitrogens with zero attached hydrogens (tertiary/aromatic N) is 1. The Hall–Kier alpha value is -2.28. The number of methoxy groups -OCH3 is 2. The molecule has 1 amide bonds. The lowest BCUT2D eigenvalue weighted by atomic mass is 9.95. The van der Waals surface area contributed by atoms with Crippen LogP contribution >= 0.6 is 0 Å². The predicted molar refractivity (Wildman–Crippen MR) is 84.2 cm³/mol. The SMILES string of the molecule is COc1ccc2c(c1)CC(C(=O)N1CC(OC)CC1C(=O)O)CO2. The summed E-state index contributed by atoms with van der Waals surface area (Å²) in [5, 5.41) is 9.37. The number of carbonyl (C=O) groups excluding carboxylic acids is 1. The van der Waals surface area contributed by atoms with Crippen molar-refractivity contribution >= 4 is 11.9 Å². The lowest BCUT2D eigenvalue weighted by Crippen LogP contribution is -2.46. The number of likely N-dealkylation sites (tertiary alicyclic amines) is 1. The number of hydrogen-bond donors (Lipinski definition) is 1. The van der Waals surface area contributed by atoms with Crippen molar-refractivity contribution in [1.82, 2.24) is 4.90 Å². The fourth-order valence-corrected chi connectivity index (χ4v) is 3.34. The summed E-state index contributed by atoms with van der Waals surface area (Å²) in [5.74, 6) is -0.153. The van der Waals surface area contributed by atoms with Gasteiger partial charge in [-0.2, -0.15) is 0 Å². The molecule has 3 unspecified atom stereocenters. The van der Waals surface area contributed by atoms with Crippen molar-refractivity contribution in [3.63, 3.8) is 0 Å². The highest BCUT2D eigenvalue weighted by Crippen LogP contribution is 2.32. The highest BCUT2D eigenvalue weighted by atomic mass is 16.5. The molecule has 0 aromatic heterocycles. The number of ether oxygens (including phenoxy) is 3. The number of amides is 1. The third-order valence-electron chi connectivity index (χ3n) is 4.69. The number of hydrogen-bond acceptors (Lipinski definition) is 5. The number of aliphatic carboxylic acids is 1. The zero-order chi connectivity index (χ0) is 17.3. The Bertz CT molecular complexity index is 646. The average molecular weight is 335 g/mol. The van der Waals surface area contributed by atoms with Crippen LogP contribution in [0.25, 0.3) is 0 Å². The molecule has 1 N–H and O–H groups in total. The largest absolute Gasteiger partial charge is 0.497 e. The Labute approximate surface area is 140 Å². The minimum atomic E-state index is -0.998. The smallest absolute Gasteiger partial charge is 0.326 e. The van der Waals surface area contributed by atoms with Gasteiger partial charge in [0.1, 0.15) is 24.1 Å². The van der Waals surface area contributed by atoms with E-state index in [1.54, 1.807) is 7.11 Å². The van der Waals surface area contributed by atoms with Gasteiger partial charge in [0.15, 0.2) is 0 Å². The minimum absolute atomic E-state index is 0.199. The van der Waals surface area contributed by atoms with Crippen LogP contribution < -0.4 is 9.47 Å².